The van der Waals surface area contributed by atoms with Crippen LogP contribution in [0.25, 0.3) is 0 Å². The number of aliphatic carboxylic acids is 1. The van der Waals surface area contributed by atoms with Gasteiger partial charge in [-0.25, -0.2) is 4.79 Å². The molecule has 1 aliphatic rings. The first-order chi connectivity index (χ1) is 9.42. The Hall–Kier alpha value is -1.83. The van der Waals surface area contributed by atoms with E-state index in [0.717, 1.165) is 0 Å². The minimum absolute atomic E-state index is 0.00482. The molecule has 0 spiro atoms. The van der Waals surface area contributed by atoms with Gasteiger partial charge < -0.3 is 15.0 Å². The van der Waals surface area contributed by atoms with E-state index in [9.17, 15) is 14.4 Å². The van der Waals surface area contributed by atoms with E-state index in [-0.39, 0.29) is 18.2 Å². The van der Waals surface area contributed by atoms with E-state index in [1.165, 1.54) is 11.8 Å². The minimum atomic E-state index is -0.853. The summed E-state index contributed by atoms with van der Waals surface area (Å²) in [5.41, 5.74) is 0.405. The van der Waals surface area contributed by atoms with Gasteiger partial charge in [-0.3, -0.25) is 9.59 Å². The van der Waals surface area contributed by atoms with Gasteiger partial charge in [-0.2, -0.15) is 4.98 Å². The van der Waals surface area contributed by atoms with Gasteiger partial charge in [0.2, 0.25) is 0 Å². The third-order valence-electron chi connectivity index (χ3n) is 3.20. The summed E-state index contributed by atoms with van der Waals surface area (Å²) in [6.45, 7) is 2.51. The number of nitrogens with one attached hydrogen (secondary N) is 1. The van der Waals surface area contributed by atoms with E-state index in [1.54, 1.807) is 18.1 Å². The highest BCUT2D eigenvalue weighted by atomic mass is 32.2. The van der Waals surface area contributed by atoms with Gasteiger partial charge in [0.15, 0.2) is 0 Å². The van der Waals surface area contributed by atoms with Crippen LogP contribution in [0.4, 0.5) is 0 Å². The summed E-state index contributed by atoms with van der Waals surface area (Å²) < 4.78 is 0. The number of carbonyl (C=O) groups is 2. The third-order valence-corrected chi connectivity index (χ3v) is 3.88. The topological polar surface area (TPSA) is 103 Å². The highest BCUT2D eigenvalue weighted by Crippen LogP contribution is 2.25. The number of amides is 1. The number of carboxylic acids is 1. The molecule has 0 saturated carbocycles. The first kappa shape index (κ1) is 14.6. The summed E-state index contributed by atoms with van der Waals surface area (Å²) in [6, 6.07) is 0. The molecule has 1 aromatic rings. The van der Waals surface area contributed by atoms with Crippen molar-refractivity contribution in [3.8, 4) is 0 Å². The molecule has 1 saturated heterocycles. The number of likely N-dealkylation sites (tertiary alicyclic amines) is 1. The van der Waals surface area contributed by atoms with E-state index in [1.807, 2.05) is 0 Å². The minimum Gasteiger partial charge on any atom is -0.481 e. The number of rotatable bonds is 4. The van der Waals surface area contributed by atoms with Crippen molar-refractivity contribution in [2.45, 2.75) is 18.4 Å². The lowest BCUT2D eigenvalue weighted by Crippen LogP contribution is -2.51. The van der Waals surface area contributed by atoms with Crippen molar-refractivity contribution in [1.29, 1.82) is 0 Å². The van der Waals surface area contributed by atoms with Crippen LogP contribution in [0.2, 0.25) is 0 Å². The lowest BCUT2D eigenvalue weighted by atomic mass is 9.95. The summed E-state index contributed by atoms with van der Waals surface area (Å²) in [5.74, 6) is -1.06. The van der Waals surface area contributed by atoms with Crippen molar-refractivity contribution >= 4 is 23.6 Å². The van der Waals surface area contributed by atoms with Gasteiger partial charge in [-0.1, -0.05) is 0 Å². The number of aromatic nitrogens is 2. The van der Waals surface area contributed by atoms with Crippen LogP contribution in [0.1, 0.15) is 22.5 Å². The molecule has 108 valence electrons. The van der Waals surface area contributed by atoms with E-state index in [0.29, 0.717) is 29.4 Å². The molecule has 2 N–H and O–H groups in total. The Balaban J connectivity index is 2.15. The Morgan fingerprint density at radius 3 is 2.70 bits per heavy atom. The van der Waals surface area contributed by atoms with Gasteiger partial charge in [0, 0.05) is 24.7 Å². The number of carboxylic acid groups (broad SMARTS) is 1. The summed E-state index contributed by atoms with van der Waals surface area (Å²) in [4.78, 5) is 42.1. The summed E-state index contributed by atoms with van der Waals surface area (Å²) in [7, 11) is 0. The van der Waals surface area contributed by atoms with E-state index in [4.69, 9.17) is 5.11 Å². The molecule has 0 atom stereocenters. The fraction of sp³-hybridized carbons (Fsp3) is 0.500. The van der Waals surface area contributed by atoms with Crippen molar-refractivity contribution in [2.75, 3.05) is 19.3 Å². The molecular formula is C12H15N3O4S. The maximum atomic E-state index is 12.4. The van der Waals surface area contributed by atoms with Gasteiger partial charge in [0.25, 0.3) is 5.91 Å². The first-order valence-electron chi connectivity index (χ1n) is 6.08. The lowest BCUT2D eigenvalue weighted by molar-refractivity contribution is -0.139. The fourth-order valence-electron chi connectivity index (χ4n) is 2.23. The van der Waals surface area contributed by atoms with Gasteiger partial charge in [0.1, 0.15) is 5.03 Å². The molecule has 0 aliphatic carbocycles. The molecule has 0 radical (unpaired) electrons. The number of thioether (sulfide) groups is 1. The van der Waals surface area contributed by atoms with E-state index >= 15 is 0 Å². The first-order valence-corrected chi connectivity index (χ1v) is 7.30. The number of aryl methyl sites for hydroxylation is 1. The Morgan fingerprint density at radius 1 is 1.50 bits per heavy atom. The zero-order chi connectivity index (χ0) is 14.9. The van der Waals surface area contributed by atoms with Crippen LogP contribution in [0, 0.1) is 12.8 Å². The van der Waals surface area contributed by atoms with Crippen molar-refractivity contribution in [2.24, 2.45) is 5.92 Å². The molecule has 1 fully saturated rings. The Bertz CT molecular complexity index is 607. The Labute approximate surface area is 119 Å². The second kappa shape index (κ2) is 5.66. The average Bonchev–Trinajstić information content (AvgIpc) is 2.31. The summed E-state index contributed by atoms with van der Waals surface area (Å²) >= 11 is 1.24. The molecule has 1 amide bonds. The lowest BCUT2D eigenvalue weighted by Gasteiger charge is -2.38. The van der Waals surface area contributed by atoms with Crippen molar-refractivity contribution < 1.29 is 14.7 Å². The SMILES string of the molecule is CSc1nc(=O)[nH]c(C)c1C(=O)N1CC(CC(=O)O)C1. The van der Waals surface area contributed by atoms with Crippen LogP contribution in [0.3, 0.4) is 0 Å². The molecule has 7 nitrogen and oxygen atoms in total. The van der Waals surface area contributed by atoms with Gasteiger partial charge >= 0.3 is 11.7 Å². The van der Waals surface area contributed by atoms with E-state index < -0.39 is 11.7 Å². The van der Waals surface area contributed by atoms with Crippen LogP contribution in [0.5, 0.6) is 0 Å². The third kappa shape index (κ3) is 2.84. The molecule has 1 aliphatic heterocycles. The maximum absolute atomic E-state index is 12.4. The molecule has 2 rings (SSSR count). The van der Waals surface area contributed by atoms with Crippen molar-refractivity contribution in [3.63, 3.8) is 0 Å². The number of H-pyrrole nitrogens is 1. The number of hydrogen-bond donors (Lipinski definition) is 2. The van der Waals surface area contributed by atoms with Gasteiger partial charge in [0.05, 0.1) is 12.0 Å². The van der Waals surface area contributed by atoms with Gasteiger partial charge in [-0.15, -0.1) is 11.8 Å². The second-order valence-electron chi connectivity index (χ2n) is 4.73. The normalized spacial score (nSPS) is 15.0. The standard InChI is InChI=1S/C12H15N3O4S/c1-6-9(10(20-2)14-12(19)13-6)11(18)15-4-7(5-15)3-8(16)17/h7H,3-5H2,1-2H3,(H,16,17)(H,13,14,19). The van der Waals surface area contributed by atoms with Crippen molar-refractivity contribution in [1.82, 2.24) is 14.9 Å². The molecule has 0 aromatic carbocycles. The molecular weight excluding hydrogens is 282 g/mol. The fourth-order valence-corrected chi connectivity index (χ4v) is 2.85. The molecule has 0 unspecified atom stereocenters. The second-order valence-corrected chi connectivity index (χ2v) is 5.52. The zero-order valence-electron chi connectivity index (χ0n) is 11.2. The number of aromatic amines is 1. The predicted octanol–water partition coefficient (Wildman–Crippen LogP) is 0.347. The molecule has 8 heteroatoms. The van der Waals surface area contributed by atoms with Crippen molar-refractivity contribution in [3.05, 3.63) is 21.7 Å². The Kier molecular flexibility index (Phi) is 4.12. The highest BCUT2D eigenvalue weighted by Gasteiger charge is 2.34. The van der Waals surface area contributed by atoms with Crippen LogP contribution < -0.4 is 5.69 Å². The molecule has 2 heterocycles. The number of carbonyl (C=O) groups excluding carboxylic acids is 1. The van der Waals surface area contributed by atoms with Crippen LogP contribution in [-0.2, 0) is 4.79 Å². The summed E-state index contributed by atoms with van der Waals surface area (Å²) in [5, 5.41) is 9.09. The van der Waals surface area contributed by atoms with Crippen LogP contribution in [-0.4, -0.2) is 51.2 Å². The van der Waals surface area contributed by atoms with Crippen LogP contribution in [0.15, 0.2) is 9.82 Å². The number of hydrogen-bond acceptors (Lipinski definition) is 5. The average molecular weight is 297 g/mol. The zero-order valence-corrected chi connectivity index (χ0v) is 12.0. The number of nitrogens with zero attached hydrogens (tertiary/aromatic N) is 2. The van der Waals surface area contributed by atoms with Gasteiger partial charge in [-0.05, 0) is 13.2 Å². The molecule has 0 bridgehead atoms. The highest BCUT2D eigenvalue weighted by molar-refractivity contribution is 7.98. The quantitative estimate of drug-likeness (QED) is 0.614. The largest absolute Gasteiger partial charge is 0.481 e. The maximum Gasteiger partial charge on any atom is 0.346 e. The van der Waals surface area contributed by atoms with Crippen LogP contribution >= 0.6 is 11.8 Å². The predicted molar refractivity (Wildman–Crippen MR) is 73.0 cm³/mol. The summed E-state index contributed by atoms with van der Waals surface area (Å²) in [6.07, 6.45) is 1.82. The smallest absolute Gasteiger partial charge is 0.346 e. The monoisotopic (exact) mass is 297 g/mol. The molecule has 20 heavy (non-hydrogen) atoms. The van der Waals surface area contributed by atoms with E-state index in [2.05, 4.69) is 9.97 Å². The Morgan fingerprint density at radius 2 is 2.15 bits per heavy atom. The molecule has 1 aromatic heterocycles.